The molecule has 0 fully saturated rings. The van der Waals surface area contributed by atoms with E-state index in [1.165, 1.54) is 18.6 Å². The zero-order chi connectivity index (χ0) is 13.5. The molecule has 19 heavy (non-hydrogen) atoms. The molecule has 3 nitrogen and oxygen atoms in total. The fraction of sp³-hybridized carbons (Fsp3) is 0.400. The van der Waals surface area contributed by atoms with Gasteiger partial charge in [-0.05, 0) is 31.0 Å². The van der Waals surface area contributed by atoms with E-state index >= 15 is 0 Å². The predicted molar refractivity (Wildman–Crippen MR) is 70.0 cm³/mol. The minimum Gasteiger partial charge on any atom is -0.468 e. The molecule has 1 aromatic heterocycles. The van der Waals surface area contributed by atoms with Gasteiger partial charge in [0.25, 0.3) is 0 Å². The average molecular weight is 263 g/mol. The summed E-state index contributed by atoms with van der Waals surface area (Å²) in [6, 6.07) is 4.70. The van der Waals surface area contributed by atoms with Gasteiger partial charge in [-0.2, -0.15) is 0 Å². The summed E-state index contributed by atoms with van der Waals surface area (Å²) in [5, 5.41) is 1.80. The molecule has 0 N–H and O–H groups in total. The summed E-state index contributed by atoms with van der Waals surface area (Å²) in [4.78, 5) is 9.81. The first-order valence-corrected chi connectivity index (χ1v) is 6.46. The van der Waals surface area contributed by atoms with Gasteiger partial charge in [-0.15, -0.1) is 0 Å². The van der Waals surface area contributed by atoms with E-state index in [4.69, 9.17) is 4.42 Å². The Kier molecular flexibility index (Phi) is 4.95. The third-order valence-electron chi connectivity index (χ3n) is 3.10. The summed E-state index contributed by atoms with van der Waals surface area (Å²) in [6.45, 7) is 1.85. The number of ether oxygens (including phenoxy) is 1. The van der Waals surface area contributed by atoms with Crippen molar-refractivity contribution in [2.45, 2.75) is 32.1 Å². The zero-order valence-electron chi connectivity index (χ0n) is 10.7. The van der Waals surface area contributed by atoms with E-state index in [2.05, 4.69) is 4.74 Å². The summed E-state index contributed by atoms with van der Waals surface area (Å²) in [5.41, 5.74) is 0. The summed E-state index contributed by atoms with van der Waals surface area (Å²) in [5.74, 6) is 0.666. The van der Waals surface area contributed by atoms with Gasteiger partial charge in [0.15, 0.2) is 0 Å². The van der Waals surface area contributed by atoms with Crippen LogP contribution < -0.4 is 0 Å². The first kappa shape index (κ1) is 13.6. The zero-order valence-corrected chi connectivity index (χ0v) is 10.7. The van der Waals surface area contributed by atoms with E-state index in [0.717, 1.165) is 48.6 Å². The molecule has 0 aliphatic carbocycles. The highest BCUT2D eigenvalue weighted by atomic mass is 19.1. The molecule has 1 aromatic carbocycles. The van der Waals surface area contributed by atoms with Crippen molar-refractivity contribution in [3.63, 3.8) is 0 Å². The minimum atomic E-state index is -0.244. The molecule has 1 heterocycles. The molecule has 4 heteroatoms. The Morgan fingerprint density at radius 3 is 2.89 bits per heavy atom. The molecular formula is C15H16FO3. The van der Waals surface area contributed by atoms with Crippen molar-refractivity contribution in [1.29, 1.82) is 0 Å². The Morgan fingerprint density at radius 2 is 2.05 bits per heavy atom. The maximum absolute atomic E-state index is 13.0. The average Bonchev–Trinajstić information content (AvgIpc) is 2.80. The number of hydrogen-bond donors (Lipinski definition) is 0. The molecule has 2 aromatic rings. The first-order chi connectivity index (χ1) is 9.31. The second-order valence-corrected chi connectivity index (χ2v) is 4.49. The van der Waals surface area contributed by atoms with Crippen LogP contribution in [-0.2, 0) is 16.0 Å². The van der Waals surface area contributed by atoms with Crippen LogP contribution in [-0.4, -0.2) is 13.1 Å². The van der Waals surface area contributed by atoms with Crippen molar-refractivity contribution < 1.29 is 18.3 Å². The molecule has 0 aliphatic heterocycles. The Balaban J connectivity index is 1.77. The van der Waals surface area contributed by atoms with Crippen LogP contribution in [0.2, 0.25) is 0 Å². The molecule has 0 amide bonds. The topological polar surface area (TPSA) is 39.4 Å². The lowest BCUT2D eigenvalue weighted by molar-refractivity contribution is 0.268. The highest BCUT2D eigenvalue weighted by Crippen LogP contribution is 2.23. The standard InChI is InChI=1S/C15H16FO3/c16-13-6-7-14-12(9-13)10-19-15(14)5-3-1-2-4-8-18-11-17/h6-7,9-10H,1-5,8H2. The second-order valence-electron chi connectivity index (χ2n) is 4.49. The van der Waals surface area contributed by atoms with E-state index in [9.17, 15) is 9.18 Å². The summed E-state index contributed by atoms with van der Waals surface area (Å²) in [7, 11) is 0. The van der Waals surface area contributed by atoms with Crippen molar-refractivity contribution >= 4 is 17.2 Å². The van der Waals surface area contributed by atoms with Crippen LogP contribution in [0.15, 0.2) is 28.9 Å². The van der Waals surface area contributed by atoms with Gasteiger partial charge < -0.3 is 9.15 Å². The van der Waals surface area contributed by atoms with Gasteiger partial charge in [0.05, 0.1) is 12.9 Å². The number of carbonyl (C=O) groups excluding carboxylic acids is 1. The molecule has 0 spiro atoms. The monoisotopic (exact) mass is 263 g/mol. The summed E-state index contributed by atoms with van der Waals surface area (Å²) < 4.78 is 23.0. The third-order valence-corrected chi connectivity index (χ3v) is 3.10. The highest BCUT2D eigenvalue weighted by molar-refractivity contribution is 5.84. The van der Waals surface area contributed by atoms with Gasteiger partial charge >= 0.3 is 6.47 Å². The number of halogens is 1. The molecule has 101 valence electrons. The van der Waals surface area contributed by atoms with Gasteiger partial charge in [-0.25, -0.2) is 9.18 Å². The Morgan fingerprint density at radius 1 is 1.21 bits per heavy atom. The number of rotatable bonds is 8. The largest absolute Gasteiger partial charge is 0.468 e. The van der Waals surface area contributed by atoms with Gasteiger partial charge in [0, 0.05) is 17.2 Å². The van der Waals surface area contributed by atoms with Crippen molar-refractivity contribution in [3.8, 4) is 0 Å². The number of unbranched alkanes of at least 4 members (excludes halogenated alkanes) is 3. The number of benzene rings is 1. The van der Waals surface area contributed by atoms with E-state index < -0.39 is 0 Å². The van der Waals surface area contributed by atoms with Crippen LogP contribution in [0.4, 0.5) is 4.39 Å². The van der Waals surface area contributed by atoms with Crippen LogP contribution in [0.5, 0.6) is 0 Å². The van der Waals surface area contributed by atoms with Crippen LogP contribution in [0.1, 0.15) is 31.4 Å². The second kappa shape index (κ2) is 6.92. The lowest BCUT2D eigenvalue weighted by Crippen LogP contribution is -1.92. The molecule has 0 atom stereocenters. The van der Waals surface area contributed by atoms with E-state index in [0.29, 0.717) is 6.61 Å². The summed E-state index contributed by atoms with van der Waals surface area (Å²) >= 11 is 0. The Bertz CT molecular complexity index is 533. The first-order valence-electron chi connectivity index (χ1n) is 6.46. The number of hydrogen-bond acceptors (Lipinski definition) is 3. The van der Waals surface area contributed by atoms with Crippen molar-refractivity contribution in [3.05, 3.63) is 36.0 Å². The van der Waals surface area contributed by atoms with E-state index in [1.807, 2.05) is 0 Å². The van der Waals surface area contributed by atoms with Crippen LogP contribution in [0, 0.1) is 5.82 Å². The minimum absolute atomic E-state index is 0.244. The maximum Gasteiger partial charge on any atom is 0.417 e. The lowest BCUT2D eigenvalue weighted by Gasteiger charge is -2.00. The molecule has 0 bridgehead atoms. The molecule has 2 rings (SSSR count). The van der Waals surface area contributed by atoms with Crippen molar-refractivity contribution in [2.75, 3.05) is 6.61 Å². The predicted octanol–water partition coefficient (Wildman–Crippen LogP) is 3.76. The third kappa shape index (κ3) is 3.81. The van der Waals surface area contributed by atoms with Gasteiger partial charge in [0.2, 0.25) is 0 Å². The molecule has 0 aliphatic rings. The highest BCUT2D eigenvalue weighted by Gasteiger charge is 2.06. The van der Waals surface area contributed by atoms with Gasteiger partial charge in [0.1, 0.15) is 11.6 Å². The number of fused-ring (bicyclic) bond motifs is 1. The fourth-order valence-electron chi connectivity index (χ4n) is 2.13. The van der Waals surface area contributed by atoms with Crippen LogP contribution >= 0.6 is 0 Å². The van der Waals surface area contributed by atoms with Gasteiger partial charge in [-0.3, -0.25) is 0 Å². The molecule has 0 saturated heterocycles. The van der Waals surface area contributed by atoms with Gasteiger partial charge in [-0.1, -0.05) is 12.8 Å². The molecule has 0 unspecified atom stereocenters. The molecule has 0 saturated carbocycles. The lowest BCUT2D eigenvalue weighted by atomic mass is 10.1. The molecular weight excluding hydrogens is 247 g/mol. The number of aryl methyl sites for hydroxylation is 1. The smallest absolute Gasteiger partial charge is 0.417 e. The Labute approximate surface area is 111 Å². The number of furan rings is 1. The van der Waals surface area contributed by atoms with Crippen molar-refractivity contribution in [1.82, 2.24) is 0 Å². The maximum atomic E-state index is 13.0. The van der Waals surface area contributed by atoms with Crippen LogP contribution in [0.3, 0.4) is 0 Å². The Hall–Kier alpha value is -1.84. The quantitative estimate of drug-likeness (QED) is 0.681. The fourth-order valence-corrected chi connectivity index (χ4v) is 2.13. The normalized spacial score (nSPS) is 10.8. The van der Waals surface area contributed by atoms with Crippen molar-refractivity contribution in [2.24, 2.45) is 0 Å². The molecule has 1 radical (unpaired) electrons. The SMILES string of the molecule is O=[C]OCCCCCCc1occ2cc(F)ccc12. The van der Waals surface area contributed by atoms with E-state index in [1.54, 1.807) is 12.3 Å². The van der Waals surface area contributed by atoms with E-state index in [-0.39, 0.29) is 5.82 Å². The summed E-state index contributed by atoms with van der Waals surface area (Å²) in [6.07, 6.45) is 6.36. The van der Waals surface area contributed by atoms with Crippen LogP contribution in [0.25, 0.3) is 10.8 Å².